The van der Waals surface area contributed by atoms with Gasteiger partial charge < -0.3 is 5.73 Å². The Bertz CT molecular complexity index is 684. The van der Waals surface area contributed by atoms with Crippen molar-refractivity contribution in [3.63, 3.8) is 0 Å². The van der Waals surface area contributed by atoms with E-state index in [0.29, 0.717) is 5.56 Å². The molecule has 0 fully saturated rings. The van der Waals surface area contributed by atoms with E-state index in [9.17, 15) is 13.2 Å². The summed E-state index contributed by atoms with van der Waals surface area (Å²) < 4.78 is 40.1. The Morgan fingerprint density at radius 2 is 1.44 bits per heavy atom. The van der Waals surface area contributed by atoms with Crippen molar-refractivity contribution in [2.24, 2.45) is 19.8 Å². The van der Waals surface area contributed by atoms with Gasteiger partial charge in [0.1, 0.15) is 0 Å². The summed E-state index contributed by atoms with van der Waals surface area (Å²) >= 11 is 0. The summed E-state index contributed by atoms with van der Waals surface area (Å²) in [5, 5.41) is 7.77. The molecule has 0 saturated carbocycles. The number of hydrogen-bond acceptors (Lipinski definition) is 3. The first-order valence-corrected chi connectivity index (χ1v) is 7.37. The van der Waals surface area contributed by atoms with Crippen LogP contribution >= 0.6 is 0 Å². The predicted molar refractivity (Wildman–Crippen MR) is 92.3 cm³/mol. The maximum atomic E-state index is 12.2. The van der Waals surface area contributed by atoms with E-state index < -0.39 is 17.5 Å². The monoisotopic (exact) mass is 355 g/mol. The second kappa shape index (κ2) is 11.9. The Labute approximate surface area is 145 Å². The molecule has 25 heavy (non-hydrogen) atoms. The Morgan fingerprint density at radius 1 is 0.880 bits per heavy atom. The van der Waals surface area contributed by atoms with Gasteiger partial charge in [0.15, 0.2) is 17.5 Å². The Kier molecular flexibility index (Phi) is 10.6. The molecule has 2 heterocycles. The number of aromatic nitrogens is 4. The Hall–Kier alpha value is -2.61. The van der Waals surface area contributed by atoms with Crippen LogP contribution in [-0.4, -0.2) is 26.6 Å². The molecular formula is C17H24F3N5. The molecule has 0 amide bonds. The average Bonchev–Trinajstić information content (AvgIpc) is 3.19. The zero-order valence-electron chi connectivity index (χ0n) is 15.0. The van der Waals surface area contributed by atoms with E-state index >= 15 is 0 Å². The fraction of sp³-hybridized carbons (Fsp3) is 0.294. The summed E-state index contributed by atoms with van der Waals surface area (Å²) in [4.78, 5) is 0. The molecule has 138 valence electrons. The van der Waals surface area contributed by atoms with Crippen molar-refractivity contribution in [1.29, 1.82) is 0 Å². The summed E-state index contributed by atoms with van der Waals surface area (Å²) in [5.74, 6) is -3.69. The number of halogens is 3. The van der Waals surface area contributed by atoms with E-state index in [4.69, 9.17) is 0 Å². The molecule has 0 unspecified atom stereocenters. The number of benzene rings is 1. The second-order valence-electron chi connectivity index (χ2n) is 4.91. The van der Waals surface area contributed by atoms with Crippen LogP contribution in [0.2, 0.25) is 0 Å². The van der Waals surface area contributed by atoms with E-state index in [1.54, 1.807) is 15.6 Å². The highest BCUT2D eigenvalue weighted by molar-refractivity contribution is 5.17. The van der Waals surface area contributed by atoms with Crippen molar-refractivity contribution in [1.82, 2.24) is 19.6 Å². The fourth-order valence-electron chi connectivity index (χ4n) is 1.57. The van der Waals surface area contributed by atoms with Crippen molar-refractivity contribution in [3.8, 4) is 0 Å². The third-order valence-corrected chi connectivity index (χ3v) is 2.60. The molecule has 1 aromatic carbocycles. The zero-order valence-corrected chi connectivity index (χ0v) is 15.0. The lowest BCUT2D eigenvalue weighted by Crippen LogP contribution is -1.90. The first-order chi connectivity index (χ1) is 11.8. The summed E-state index contributed by atoms with van der Waals surface area (Å²) in [5.41, 5.74) is 6.08. The lowest BCUT2D eigenvalue weighted by molar-refractivity contribution is 0.446. The van der Waals surface area contributed by atoms with Gasteiger partial charge in [0.2, 0.25) is 0 Å². The van der Waals surface area contributed by atoms with Crippen LogP contribution in [-0.2, 0) is 14.1 Å². The van der Waals surface area contributed by atoms with Gasteiger partial charge in [-0.05, 0) is 50.2 Å². The van der Waals surface area contributed by atoms with Crippen LogP contribution in [0.25, 0.3) is 0 Å². The molecule has 2 N–H and O–H groups in total. The molecule has 0 aliphatic heterocycles. The van der Waals surface area contributed by atoms with Gasteiger partial charge >= 0.3 is 0 Å². The lowest BCUT2D eigenvalue weighted by Gasteiger charge is -1.95. The molecule has 2 aromatic heterocycles. The molecule has 0 radical (unpaired) electrons. The smallest absolute Gasteiger partial charge is 0.194 e. The van der Waals surface area contributed by atoms with E-state index in [2.05, 4.69) is 15.9 Å². The molecule has 3 aromatic rings. The van der Waals surface area contributed by atoms with Gasteiger partial charge in [-0.25, -0.2) is 13.2 Å². The summed E-state index contributed by atoms with van der Waals surface area (Å²) in [6, 6.07) is 3.77. The number of nitrogens with zero attached hydrogens (tertiary/aromatic N) is 4. The molecule has 5 nitrogen and oxygen atoms in total. The highest BCUT2D eigenvalue weighted by Gasteiger charge is 2.07. The van der Waals surface area contributed by atoms with E-state index in [0.717, 1.165) is 12.1 Å². The number of rotatable bonds is 0. The molecule has 0 atom stereocenters. The standard InChI is InChI=1S/C7H5F3.C5H8N2.C4H6N2.CH5N/c1-4-2-5(8)7(10)6(9)3-4;1-5-3-6-7(2)4-5;1-6-4-2-3-5-6;1-2/h2-3H,1H3;3-4H,1-2H3;2-4H,1H3;2H2,1H3. The number of hydrogen-bond donors (Lipinski definition) is 1. The van der Waals surface area contributed by atoms with E-state index in [1.165, 1.54) is 19.5 Å². The summed E-state index contributed by atoms with van der Waals surface area (Å²) in [6.45, 7) is 3.51. The Balaban J connectivity index is 0.000000340. The maximum absolute atomic E-state index is 12.2. The molecule has 0 bridgehead atoms. The second-order valence-corrected chi connectivity index (χ2v) is 4.91. The van der Waals surface area contributed by atoms with Crippen molar-refractivity contribution in [3.05, 3.63) is 71.6 Å². The number of nitrogens with two attached hydrogens (primary N) is 1. The van der Waals surface area contributed by atoms with Gasteiger partial charge in [-0.1, -0.05) is 0 Å². The van der Waals surface area contributed by atoms with Crippen LogP contribution in [0.1, 0.15) is 11.1 Å². The van der Waals surface area contributed by atoms with Crippen molar-refractivity contribution in [2.45, 2.75) is 13.8 Å². The molecular weight excluding hydrogens is 331 g/mol. The van der Waals surface area contributed by atoms with Crippen LogP contribution in [0.15, 0.2) is 43.0 Å². The fourth-order valence-corrected chi connectivity index (χ4v) is 1.57. The van der Waals surface area contributed by atoms with Gasteiger partial charge in [-0.3, -0.25) is 9.36 Å². The minimum absolute atomic E-state index is 0.372. The highest BCUT2D eigenvalue weighted by Crippen LogP contribution is 2.11. The average molecular weight is 355 g/mol. The molecule has 0 aliphatic carbocycles. The predicted octanol–water partition coefficient (Wildman–Crippen LogP) is 3.14. The molecule has 8 heteroatoms. The highest BCUT2D eigenvalue weighted by atomic mass is 19.2. The summed E-state index contributed by atoms with van der Waals surface area (Å²) in [7, 11) is 5.30. The molecule has 0 spiro atoms. The van der Waals surface area contributed by atoms with Gasteiger partial charge in [-0.2, -0.15) is 10.2 Å². The van der Waals surface area contributed by atoms with Crippen molar-refractivity contribution < 1.29 is 13.2 Å². The van der Waals surface area contributed by atoms with E-state index in [-0.39, 0.29) is 0 Å². The van der Waals surface area contributed by atoms with Crippen LogP contribution in [0.3, 0.4) is 0 Å². The van der Waals surface area contributed by atoms with Gasteiger partial charge in [0.25, 0.3) is 0 Å². The third-order valence-electron chi connectivity index (χ3n) is 2.60. The quantitative estimate of drug-likeness (QED) is 0.630. The largest absolute Gasteiger partial charge is 0.333 e. The van der Waals surface area contributed by atoms with Gasteiger partial charge in [0, 0.05) is 32.7 Å². The van der Waals surface area contributed by atoms with Crippen LogP contribution in [0.5, 0.6) is 0 Å². The first kappa shape index (κ1) is 22.4. The SMILES string of the molecule is CN.Cc1cc(F)c(F)c(F)c1.Cc1cnn(C)c1.Cn1cccn1. The van der Waals surface area contributed by atoms with Gasteiger partial charge in [0.05, 0.1) is 6.20 Å². The van der Waals surface area contributed by atoms with Crippen LogP contribution in [0.4, 0.5) is 13.2 Å². The minimum atomic E-state index is -1.41. The molecule has 3 rings (SSSR count). The molecule has 0 saturated heterocycles. The molecule has 0 aliphatic rings. The Morgan fingerprint density at radius 3 is 1.68 bits per heavy atom. The minimum Gasteiger partial charge on any atom is -0.333 e. The lowest BCUT2D eigenvalue weighted by atomic mass is 10.2. The van der Waals surface area contributed by atoms with E-state index in [1.807, 2.05) is 45.7 Å². The first-order valence-electron chi connectivity index (χ1n) is 7.37. The maximum Gasteiger partial charge on any atom is 0.194 e. The zero-order chi connectivity index (χ0) is 19.4. The number of aryl methyl sites for hydroxylation is 4. The van der Waals surface area contributed by atoms with Crippen molar-refractivity contribution in [2.75, 3.05) is 7.05 Å². The van der Waals surface area contributed by atoms with Crippen LogP contribution < -0.4 is 5.73 Å². The van der Waals surface area contributed by atoms with Crippen molar-refractivity contribution >= 4 is 0 Å². The normalized spacial score (nSPS) is 9.00. The van der Waals surface area contributed by atoms with Gasteiger partial charge in [-0.15, -0.1) is 0 Å². The topological polar surface area (TPSA) is 61.7 Å². The summed E-state index contributed by atoms with van der Waals surface area (Å²) in [6.07, 6.45) is 7.44. The van der Waals surface area contributed by atoms with Crippen LogP contribution in [0, 0.1) is 31.3 Å². The third kappa shape index (κ3) is 9.31.